The maximum Gasteiger partial charge on any atom is 0.348 e. The number of ether oxygens (including phenoxy) is 1. The molecule has 0 saturated carbocycles. The fourth-order valence-corrected chi connectivity index (χ4v) is 2.92. The summed E-state index contributed by atoms with van der Waals surface area (Å²) in [4.78, 5) is 23.4. The van der Waals surface area contributed by atoms with Crippen molar-refractivity contribution in [1.82, 2.24) is 10.6 Å². The molecule has 1 aromatic carbocycles. The molecule has 1 fully saturated rings. The number of aliphatic carboxylic acids is 1. The lowest BCUT2D eigenvalue weighted by Crippen LogP contribution is -2.69. The van der Waals surface area contributed by atoms with Crippen LogP contribution in [0.25, 0.3) is 0 Å². The van der Waals surface area contributed by atoms with Crippen molar-refractivity contribution in [1.29, 1.82) is 0 Å². The van der Waals surface area contributed by atoms with Crippen LogP contribution in [0.1, 0.15) is 45.2 Å². The van der Waals surface area contributed by atoms with Gasteiger partial charge in [-0.25, -0.2) is 4.79 Å². The van der Waals surface area contributed by atoms with Crippen LogP contribution in [-0.2, 0) is 14.3 Å². The van der Waals surface area contributed by atoms with Crippen LogP contribution < -0.4 is 10.6 Å². The third-order valence-electron chi connectivity index (χ3n) is 4.68. The molecule has 1 heterocycles. The van der Waals surface area contributed by atoms with Crippen molar-refractivity contribution < 1.29 is 19.4 Å². The summed E-state index contributed by atoms with van der Waals surface area (Å²) < 4.78 is 5.67. The predicted molar refractivity (Wildman–Crippen MR) is 85.4 cm³/mol. The summed E-state index contributed by atoms with van der Waals surface area (Å²) in [5.41, 5.74) is 0.336. The molecule has 3 atom stereocenters. The highest BCUT2D eigenvalue weighted by Gasteiger charge is 2.54. The zero-order valence-corrected chi connectivity index (χ0v) is 13.7. The number of carbonyl (C=O) groups excluding carboxylic acids is 1. The highest BCUT2D eigenvalue weighted by molar-refractivity contribution is 5.89. The Labute approximate surface area is 136 Å². The molecule has 126 valence electrons. The molecule has 1 aliphatic heterocycles. The molecule has 6 nitrogen and oxygen atoms in total. The molecule has 23 heavy (non-hydrogen) atoms. The lowest BCUT2D eigenvalue weighted by Gasteiger charge is -2.48. The first-order valence-electron chi connectivity index (χ1n) is 7.94. The maximum absolute atomic E-state index is 11.9. The SMILES string of the molecule is CCC1(CC)C(=O)NC1OC(NC(C)c1ccccc1)C(=O)O. The zero-order valence-electron chi connectivity index (χ0n) is 13.7. The van der Waals surface area contributed by atoms with Crippen LogP contribution in [0.4, 0.5) is 0 Å². The molecule has 3 N–H and O–H groups in total. The predicted octanol–water partition coefficient (Wildman–Crippen LogP) is 2.03. The molecule has 3 unspecified atom stereocenters. The number of carboxylic acids is 1. The lowest BCUT2D eigenvalue weighted by atomic mass is 9.73. The van der Waals surface area contributed by atoms with E-state index in [1.54, 1.807) is 0 Å². The molecule has 1 amide bonds. The number of benzene rings is 1. The van der Waals surface area contributed by atoms with E-state index in [4.69, 9.17) is 4.74 Å². The van der Waals surface area contributed by atoms with Gasteiger partial charge in [0.2, 0.25) is 12.1 Å². The first-order chi connectivity index (χ1) is 10.9. The van der Waals surface area contributed by atoms with E-state index in [0.717, 1.165) is 5.56 Å². The van der Waals surface area contributed by atoms with Gasteiger partial charge in [0.25, 0.3) is 0 Å². The minimum atomic E-state index is -1.19. The number of nitrogens with one attached hydrogen (secondary N) is 2. The number of β-lactam (4-membered cyclic amide) rings is 1. The van der Waals surface area contributed by atoms with E-state index in [9.17, 15) is 14.7 Å². The number of carboxylic acid groups (broad SMARTS) is 1. The molecule has 0 spiro atoms. The summed E-state index contributed by atoms with van der Waals surface area (Å²) in [7, 11) is 0. The van der Waals surface area contributed by atoms with E-state index in [1.165, 1.54) is 0 Å². The van der Waals surface area contributed by atoms with Crippen molar-refractivity contribution in [3.05, 3.63) is 35.9 Å². The van der Waals surface area contributed by atoms with Crippen LogP contribution >= 0.6 is 0 Å². The smallest absolute Gasteiger partial charge is 0.348 e. The lowest BCUT2D eigenvalue weighted by molar-refractivity contribution is -0.197. The summed E-state index contributed by atoms with van der Waals surface area (Å²) in [6, 6.07) is 9.35. The molecule has 0 bridgehead atoms. The molecule has 1 aliphatic rings. The average Bonchev–Trinajstić information content (AvgIpc) is 2.55. The Balaban J connectivity index is 2.05. The van der Waals surface area contributed by atoms with E-state index < -0.39 is 23.8 Å². The van der Waals surface area contributed by atoms with Gasteiger partial charge in [-0.1, -0.05) is 44.2 Å². The Morgan fingerprint density at radius 1 is 1.35 bits per heavy atom. The normalized spacial score (nSPS) is 21.9. The molecule has 1 aromatic rings. The van der Waals surface area contributed by atoms with Gasteiger partial charge in [-0.2, -0.15) is 0 Å². The molecule has 0 radical (unpaired) electrons. The number of carbonyl (C=O) groups is 2. The molecule has 0 aliphatic carbocycles. The third-order valence-corrected chi connectivity index (χ3v) is 4.68. The van der Waals surface area contributed by atoms with Crippen molar-refractivity contribution in [2.45, 2.75) is 52.1 Å². The van der Waals surface area contributed by atoms with Gasteiger partial charge in [0.15, 0.2) is 0 Å². The second-order valence-electron chi connectivity index (χ2n) is 5.87. The molecule has 2 rings (SSSR count). The van der Waals surface area contributed by atoms with Gasteiger partial charge in [-0.3, -0.25) is 10.1 Å². The first kappa shape index (κ1) is 17.4. The summed E-state index contributed by atoms with van der Waals surface area (Å²) in [5, 5.41) is 15.0. The van der Waals surface area contributed by atoms with Crippen LogP contribution in [0.15, 0.2) is 30.3 Å². The van der Waals surface area contributed by atoms with Crippen molar-refractivity contribution in [3.8, 4) is 0 Å². The molecular formula is C17H24N2O4. The standard InChI is InChI=1S/C17H24N2O4/c1-4-17(5-2)15(22)19-16(17)23-13(14(20)21)18-11(3)12-9-7-6-8-10-12/h6-11,13,16,18H,4-5H2,1-3H3,(H,19,22)(H,20,21). The largest absolute Gasteiger partial charge is 0.478 e. The number of hydrogen-bond donors (Lipinski definition) is 3. The fourth-order valence-electron chi connectivity index (χ4n) is 2.92. The second kappa shape index (κ2) is 7.10. The van der Waals surface area contributed by atoms with Gasteiger partial charge < -0.3 is 15.2 Å². The molecule has 0 aromatic heterocycles. The van der Waals surface area contributed by atoms with Gasteiger partial charge in [-0.15, -0.1) is 0 Å². The van der Waals surface area contributed by atoms with Crippen LogP contribution in [0.3, 0.4) is 0 Å². The van der Waals surface area contributed by atoms with Gasteiger partial charge in [-0.05, 0) is 25.3 Å². The summed E-state index contributed by atoms with van der Waals surface area (Å²) in [5.74, 6) is -1.18. The van der Waals surface area contributed by atoms with Crippen molar-refractivity contribution in [2.24, 2.45) is 5.41 Å². The van der Waals surface area contributed by atoms with Crippen LogP contribution in [0.2, 0.25) is 0 Å². The highest BCUT2D eigenvalue weighted by Crippen LogP contribution is 2.39. The highest BCUT2D eigenvalue weighted by atomic mass is 16.6. The van der Waals surface area contributed by atoms with E-state index in [2.05, 4.69) is 10.6 Å². The van der Waals surface area contributed by atoms with E-state index in [1.807, 2.05) is 51.1 Å². The Morgan fingerprint density at radius 2 is 1.96 bits per heavy atom. The van der Waals surface area contributed by atoms with Gasteiger partial charge in [0.1, 0.15) is 6.23 Å². The fraction of sp³-hybridized carbons (Fsp3) is 0.529. The van der Waals surface area contributed by atoms with Crippen LogP contribution in [-0.4, -0.2) is 29.4 Å². The summed E-state index contributed by atoms with van der Waals surface area (Å²) in [6.45, 7) is 5.70. The maximum atomic E-state index is 11.9. The Hall–Kier alpha value is -1.92. The monoisotopic (exact) mass is 320 g/mol. The van der Waals surface area contributed by atoms with Crippen LogP contribution in [0, 0.1) is 5.41 Å². The summed E-state index contributed by atoms with van der Waals surface area (Å²) >= 11 is 0. The van der Waals surface area contributed by atoms with Gasteiger partial charge >= 0.3 is 5.97 Å². The third kappa shape index (κ3) is 3.38. The number of rotatable bonds is 8. The summed E-state index contributed by atoms with van der Waals surface area (Å²) in [6.07, 6.45) is -0.545. The first-order valence-corrected chi connectivity index (χ1v) is 7.94. The average molecular weight is 320 g/mol. The van der Waals surface area contributed by atoms with Gasteiger partial charge in [0.05, 0.1) is 5.41 Å². The van der Waals surface area contributed by atoms with E-state index >= 15 is 0 Å². The Morgan fingerprint density at radius 3 is 2.43 bits per heavy atom. The molecule has 1 saturated heterocycles. The van der Waals surface area contributed by atoms with E-state index in [0.29, 0.717) is 12.8 Å². The van der Waals surface area contributed by atoms with E-state index in [-0.39, 0.29) is 11.9 Å². The van der Waals surface area contributed by atoms with Crippen molar-refractivity contribution >= 4 is 11.9 Å². The van der Waals surface area contributed by atoms with Gasteiger partial charge in [0, 0.05) is 6.04 Å². The topological polar surface area (TPSA) is 87.7 Å². The minimum absolute atomic E-state index is 0.0762. The van der Waals surface area contributed by atoms with Crippen molar-refractivity contribution in [3.63, 3.8) is 0 Å². The zero-order chi connectivity index (χ0) is 17.0. The van der Waals surface area contributed by atoms with Crippen LogP contribution in [0.5, 0.6) is 0 Å². The Bertz CT molecular complexity index is 557. The number of amides is 1. The molecular weight excluding hydrogens is 296 g/mol. The quantitative estimate of drug-likeness (QED) is 0.504. The Kier molecular flexibility index (Phi) is 5.38. The second-order valence-corrected chi connectivity index (χ2v) is 5.87. The number of hydrogen-bond acceptors (Lipinski definition) is 4. The molecule has 6 heteroatoms. The van der Waals surface area contributed by atoms with Crippen molar-refractivity contribution in [2.75, 3.05) is 0 Å². The minimum Gasteiger partial charge on any atom is -0.478 e.